The molecule has 0 bridgehead atoms. The Morgan fingerprint density at radius 1 is 1.12 bits per heavy atom. The van der Waals surface area contributed by atoms with Crippen LogP contribution >= 0.6 is 0 Å². The minimum Gasteiger partial charge on any atom is -0.467 e. The molecule has 1 rings (SSSR count). The van der Waals surface area contributed by atoms with Gasteiger partial charge in [0.05, 0.1) is 13.7 Å². The number of esters is 1. The van der Waals surface area contributed by atoms with E-state index < -0.39 is 23.7 Å². The quantitative estimate of drug-likeness (QED) is 0.732. The number of rotatable bonds is 7. The first kappa shape index (κ1) is 20.5. The number of benzene rings is 1. The van der Waals surface area contributed by atoms with Gasteiger partial charge < -0.3 is 20.1 Å². The summed E-state index contributed by atoms with van der Waals surface area (Å²) in [4.78, 5) is 35.5. The van der Waals surface area contributed by atoms with E-state index in [0.29, 0.717) is 6.42 Å². The highest BCUT2D eigenvalue weighted by molar-refractivity contribution is 5.85. The first-order valence-corrected chi connectivity index (χ1v) is 8.09. The number of ether oxygens (including phenoxy) is 2. The van der Waals surface area contributed by atoms with Crippen LogP contribution in [0.3, 0.4) is 0 Å². The van der Waals surface area contributed by atoms with Crippen molar-refractivity contribution < 1.29 is 23.9 Å². The van der Waals surface area contributed by atoms with Crippen molar-refractivity contribution >= 4 is 18.0 Å². The second-order valence-corrected chi connectivity index (χ2v) is 6.51. The summed E-state index contributed by atoms with van der Waals surface area (Å²) in [6.45, 7) is 5.08. The molecule has 0 spiro atoms. The van der Waals surface area contributed by atoms with Gasteiger partial charge in [0.15, 0.2) is 0 Å². The zero-order valence-electron chi connectivity index (χ0n) is 15.1. The Labute approximate surface area is 148 Å². The van der Waals surface area contributed by atoms with Crippen LogP contribution in [-0.2, 0) is 25.5 Å². The first-order valence-electron chi connectivity index (χ1n) is 8.09. The van der Waals surface area contributed by atoms with Crippen LogP contribution in [0.4, 0.5) is 4.79 Å². The fourth-order valence-corrected chi connectivity index (χ4v) is 2.00. The molecular formula is C18H26N2O5. The molecule has 0 radical (unpaired) electrons. The standard InChI is InChI=1S/C18H26N2O5/c1-18(2,3)25-17(23)19-12-14(16(22)24-4)20-15(21)11-10-13-8-6-5-7-9-13/h5-9,14H,10-12H2,1-4H3,(H,19,23)(H,20,21). The lowest BCUT2D eigenvalue weighted by atomic mass is 10.1. The number of aryl methyl sites for hydroxylation is 1. The molecule has 7 nitrogen and oxygen atoms in total. The molecule has 0 aliphatic rings. The van der Waals surface area contributed by atoms with E-state index >= 15 is 0 Å². The van der Waals surface area contributed by atoms with E-state index in [2.05, 4.69) is 15.4 Å². The van der Waals surface area contributed by atoms with E-state index in [1.807, 2.05) is 30.3 Å². The lowest BCUT2D eigenvalue weighted by Gasteiger charge is -2.21. The summed E-state index contributed by atoms with van der Waals surface area (Å²) in [7, 11) is 1.22. The topological polar surface area (TPSA) is 93.7 Å². The normalized spacial score (nSPS) is 12.0. The molecule has 2 amide bonds. The highest BCUT2D eigenvalue weighted by Gasteiger charge is 2.23. The van der Waals surface area contributed by atoms with E-state index in [4.69, 9.17) is 4.74 Å². The molecule has 0 aromatic heterocycles. The van der Waals surface area contributed by atoms with E-state index in [9.17, 15) is 14.4 Å². The SMILES string of the molecule is COC(=O)C(CNC(=O)OC(C)(C)C)NC(=O)CCc1ccccc1. The predicted octanol–water partition coefficient (Wildman–Crippen LogP) is 1.80. The molecule has 1 atom stereocenters. The maximum absolute atomic E-state index is 12.1. The van der Waals surface area contributed by atoms with Gasteiger partial charge in [0.1, 0.15) is 11.6 Å². The van der Waals surface area contributed by atoms with E-state index in [0.717, 1.165) is 5.56 Å². The Kier molecular flexibility index (Phi) is 7.91. The molecular weight excluding hydrogens is 324 g/mol. The fraction of sp³-hybridized carbons (Fsp3) is 0.500. The maximum atomic E-state index is 12.1. The number of carbonyl (C=O) groups excluding carboxylic acids is 3. The summed E-state index contributed by atoms with van der Waals surface area (Å²) < 4.78 is 9.76. The lowest BCUT2D eigenvalue weighted by Crippen LogP contribution is -2.49. The monoisotopic (exact) mass is 350 g/mol. The van der Waals surface area contributed by atoms with Crippen molar-refractivity contribution in [2.45, 2.75) is 45.3 Å². The van der Waals surface area contributed by atoms with Crippen LogP contribution in [0.1, 0.15) is 32.8 Å². The molecule has 0 aliphatic heterocycles. The van der Waals surface area contributed by atoms with Gasteiger partial charge in [-0.05, 0) is 32.8 Å². The van der Waals surface area contributed by atoms with Crippen LogP contribution in [0.5, 0.6) is 0 Å². The van der Waals surface area contributed by atoms with Gasteiger partial charge >= 0.3 is 12.1 Å². The lowest BCUT2D eigenvalue weighted by molar-refractivity contribution is -0.144. The van der Waals surface area contributed by atoms with Gasteiger partial charge in [0.25, 0.3) is 0 Å². The fourth-order valence-electron chi connectivity index (χ4n) is 2.00. The Morgan fingerprint density at radius 3 is 2.32 bits per heavy atom. The van der Waals surface area contributed by atoms with Gasteiger partial charge in [-0.3, -0.25) is 4.79 Å². The third kappa shape index (κ3) is 8.74. The van der Waals surface area contributed by atoms with Gasteiger partial charge in [-0.15, -0.1) is 0 Å². The molecule has 0 saturated heterocycles. The minimum absolute atomic E-state index is 0.112. The average Bonchev–Trinajstić information content (AvgIpc) is 2.55. The number of hydrogen-bond donors (Lipinski definition) is 2. The Morgan fingerprint density at radius 2 is 1.76 bits per heavy atom. The summed E-state index contributed by atoms with van der Waals surface area (Å²) in [6, 6.07) is 8.58. The highest BCUT2D eigenvalue weighted by Crippen LogP contribution is 2.06. The summed E-state index contributed by atoms with van der Waals surface area (Å²) in [5.41, 5.74) is 0.378. The van der Waals surface area contributed by atoms with Crippen molar-refractivity contribution in [3.63, 3.8) is 0 Å². The van der Waals surface area contributed by atoms with Crippen LogP contribution in [-0.4, -0.2) is 43.3 Å². The van der Waals surface area contributed by atoms with Gasteiger partial charge in [0.2, 0.25) is 5.91 Å². The molecule has 1 aromatic rings. The average molecular weight is 350 g/mol. The van der Waals surface area contributed by atoms with E-state index in [1.165, 1.54) is 7.11 Å². The van der Waals surface area contributed by atoms with Crippen LogP contribution in [0, 0.1) is 0 Å². The van der Waals surface area contributed by atoms with Crippen molar-refractivity contribution in [3.8, 4) is 0 Å². The van der Waals surface area contributed by atoms with Crippen LogP contribution < -0.4 is 10.6 Å². The molecule has 2 N–H and O–H groups in total. The Bertz CT molecular complexity index is 581. The molecule has 0 fully saturated rings. The second kappa shape index (κ2) is 9.66. The summed E-state index contributed by atoms with van der Waals surface area (Å²) >= 11 is 0. The third-order valence-corrected chi connectivity index (χ3v) is 3.15. The third-order valence-electron chi connectivity index (χ3n) is 3.15. The van der Waals surface area contributed by atoms with Gasteiger partial charge in [0, 0.05) is 6.42 Å². The Hall–Kier alpha value is -2.57. The smallest absolute Gasteiger partial charge is 0.407 e. The molecule has 25 heavy (non-hydrogen) atoms. The number of carbonyl (C=O) groups is 3. The van der Waals surface area contributed by atoms with Gasteiger partial charge in [-0.1, -0.05) is 30.3 Å². The zero-order valence-corrected chi connectivity index (χ0v) is 15.1. The molecule has 0 heterocycles. The zero-order chi connectivity index (χ0) is 18.9. The summed E-state index contributed by atoms with van der Waals surface area (Å²) in [5, 5.41) is 5.03. The van der Waals surface area contributed by atoms with Gasteiger partial charge in [-0.25, -0.2) is 9.59 Å². The number of hydrogen-bond acceptors (Lipinski definition) is 5. The first-order chi connectivity index (χ1) is 11.7. The number of amides is 2. The molecule has 7 heteroatoms. The van der Waals surface area contributed by atoms with E-state index in [-0.39, 0.29) is 18.9 Å². The summed E-state index contributed by atoms with van der Waals surface area (Å²) in [5.74, 6) is -0.936. The number of alkyl carbamates (subject to hydrolysis) is 1. The van der Waals surface area contributed by atoms with Crippen LogP contribution in [0.25, 0.3) is 0 Å². The van der Waals surface area contributed by atoms with Crippen LogP contribution in [0.2, 0.25) is 0 Å². The maximum Gasteiger partial charge on any atom is 0.407 e. The molecule has 0 saturated carbocycles. The molecule has 1 aromatic carbocycles. The van der Waals surface area contributed by atoms with Crippen molar-refractivity contribution in [1.82, 2.24) is 10.6 Å². The van der Waals surface area contributed by atoms with E-state index in [1.54, 1.807) is 20.8 Å². The number of nitrogens with one attached hydrogen (secondary N) is 2. The summed E-state index contributed by atoms with van der Waals surface area (Å²) in [6.07, 6.45) is 0.115. The van der Waals surface area contributed by atoms with Crippen molar-refractivity contribution in [3.05, 3.63) is 35.9 Å². The van der Waals surface area contributed by atoms with Crippen LogP contribution in [0.15, 0.2) is 30.3 Å². The predicted molar refractivity (Wildman–Crippen MR) is 92.9 cm³/mol. The molecule has 0 aliphatic carbocycles. The van der Waals surface area contributed by atoms with Crippen molar-refractivity contribution in [1.29, 1.82) is 0 Å². The number of methoxy groups -OCH3 is 1. The Balaban J connectivity index is 2.50. The van der Waals surface area contributed by atoms with Crippen molar-refractivity contribution in [2.24, 2.45) is 0 Å². The molecule has 138 valence electrons. The minimum atomic E-state index is -0.971. The van der Waals surface area contributed by atoms with Crippen molar-refractivity contribution in [2.75, 3.05) is 13.7 Å². The molecule has 1 unspecified atom stereocenters. The largest absolute Gasteiger partial charge is 0.467 e. The highest BCUT2D eigenvalue weighted by atomic mass is 16.6. The van der Waals surface area contributed by atoms with Gasteiger partial charge in [-0.2, -0.15) is 0 Å². The second-order valence-electron chi connectivity index (χ2n) is 6.51.